The fraction of sp³-hybridized carbons (Fsp3) is 0.500. The van der Waals surface area contributed by atoms with Crippen molar-refractivity contribution >= 4 is 5.95 Å². The van der Waals surface area contributed by atoms with E-state index in [2.05, 4.69) is 4.98 Å². The van der Waals surface area contributed by atoms with Gasteiger partial charge < -0.3 is 10.3 Å². The summed E-state index contributed by atoms with van der Waals surface area (Å²) in [6, 6.07) is -1.63. The molecule has 3 nitrogen and oxygen atoms in total. The Bertz CT molecular complexity index is 265. The summed E-state index contributed by atoms with van der Waals surface area (Å²) in [6.45, 7) is 1.03. The molecule has 1 aromatic rings. The molecular formula is C6H8F3N3. The molecule has 0 spiro atoms. The van der Waals surface area contributed by atoms with E-state index in [1.165, 1.54) is 12.4 Å². The van der Waals surface area contributed by atoms with Crippen LogP contribution in [0.4, 0.5) is 19.1 Å². The average molecular weight is 179 g/mol. The Morgan fingerprint density at radius 2 is 2.17 bits per heavy atom. The molecule has 0 saturated heterocycles. The monoisotopic (exact) mass is 179 g/mol. The van der Waals surface area contributed by atoms with Gasteiger partial charge in [-0.2, -0.15) is 13.2 Å². The number of aromatic nitrogens is 2. The van der Waals surface area contributed by atoms with Crippen molar-refractivity contribution in [3.8, 4) is 0 Å². The van der Waals surface area contributed by atoms with E-state index in [9.17, 15) is 13.2 Å². The van der Waals surface area contributed by atoms with Crippen molar-refractivity contribution in [2.45, 2.75) is 19.1 Å². The molecule has 0 aliphatic carbocycles. The van der Waals surface area contributed by atoms with Crippen LogP contribution in [-0.2, 0) is 0 Å². The maximum atomic E-state index is 12.1. The molecule has 6 heteroatoms. The van der Waals surface area contributed by atoms with Crippen LogP contribution >= 0.6 is 0 Å². The fourth-order valence-electron chi connectivity index (χ4n) is 0.810. The van der Waals surface area contributed by atoms with Gasteiger partial charge in [0.1, 0.15) is 6.04 Å². The Hall–Kier alpha value is -1.20. The maximum Gasteiger partial charge on any atom is 0.408 e. The third-order valence-electron chi connectivity index (χ3n) is 1.59. The zero-order chi connectivity index (χ0) is 9.35. The summed E-state index contributed by atoms with van der Waals surface area (Å²) in [5, 5.41) is 0. The zero-order valence-corrected chi connectivity index (χ0v) is 6.34. The van der Waals surface area contributed by atoms with Crippen molar-refractivity contribution in [3.05, 3.63) is 12.4 Å². The van der Waals surface area contributed by atoms with Crippen LogP contribution in [0.1, 0.15) is 13.0 Å². The Labute approximate surface area is 67.0 Å². The summed E-state index contributed by atoms with van der Waals surface area (Å²) in [4.78, 5) is 3.49. The zero-order valence-electron chi connectivity index (χ0n) is 6.34. The molecule has 1 rings (SSSR count). The van der Waals surface area contributed by atoms with Gasteiger partial charge >= 0.3 is 6.18 Å². The predicted molar refractivity (Wildman–Crippen MR) is 37.4 cm³/mol. The molecule has 0 bridgehead atoms. The molecule has 0 fully saturated rings. The molecule has 1 unspecified atom stereocenters. The molecule has 0 radical (unpaired) electrons. The number of nitrogens with zero attached hydrogens (tertiary/aromatic N) is 2. The van der Waals surface area contributed by atoms with Gasteiger partial charge in [0.2, 0.25) is 5.95 Å². The lowest BCUT2D eigenvalue weighted by Gasteiger charge is -2.17. The molecule has 1 heterocycles. The molecule has 0 aliphatic heterocycles. The van der Waals surface area contributed by atoms with E-state index in [0.29, 0.717) is 0 Å². The van der Waals surface area contributed by atoms with Crippen molar-refractivity contribution in [3.63, 3.8) is 0 Å². The number of imidazole rings is 1. The van der Waals surface area contributed by atoms with Crippen molar-refractivity contribution in [1.29, 1.82) is 0 Å². The van der Waals surface area contributed by atoms with E-state index in [0.717, 1.165) is 11.5 Å². The van der Waals surface area contributed by atoms with Crippen LogP contribution in [0.25, 0.3) is 0 Å². The highest BCUT2D eigenvalue weighted by atomic mass is 19.4. The van der Waals surface area contributed by atoms with Crippen LogP contribution in [0.2, 0.25) is 0 Å². The number of hydrogen-bond acceptors (Lipinski definition) is 2. The summed E-state index contributed by atoms with van der Waals surface area (Å²) >= 11 is 0. The fourth-order valence-corrected chi connectivity index (χ4v) is 0.810. The number of rotatable bonds is 1. The third-order valence-corrected chi connectivity index (χ3v) is 1.59. The standard InChI is InChI=1S/C6H8F3N3/c1-4(6(7,8)9)12-3-2-11-5(12)10/h2-4H,1H3,(H2,10,11). The lowest BCUT2D eigenvalue weighted by molar-refractivity contribution is -0.162. The minimum atomic E-state index is -4.28. The van der Waals surface area contributed by atoms with Gasteiger partial charge in [0.05, 0.1) is 0 Å². The van der Waals surface area contributed by atoms with E-state index >= 15 is 0 Å². The molecule has 0 aliphatic rings. The van der Waals surface area contributed by atoms with Gasteiger partial charge in [-0.3, -0.25) is 0 Å². The molecule has 0 amide bonds. The molecule has 12 heavy (non-hydrogen) atoms. The molecule has 1 atom stereocenters. The topological polar surface area (TPSA) is 43.8 Å². The Kier molecular flexibility index (Phi) is 1.99. The van der Waals surface area contributed by atoms with Gasteiger partial charge in [0.15, 0.2) is 0 Å². The molecule has 0 saturated carbocycles. The first kappa shape index (κ1) is 8.89. The Morgan fingerprint density at radius 3 is 2.50 bits per heavy atom. The number of alkyl halides is 3. The van der Waals surface area contributed by atoms with Crippen LogP contribution < -0.4 is 5.73 Å². The highest BCUT2D eigenvalue weighted by Gasteiger charge is 2.37. The van der Waals surface area contributed by atoms with Crippen molar-refractivity contribution in [2.24, 2.45) is 0 Å². The quantitative estimate of drug-likeness (QED) is 0.711. The van der Waals surface area contributed by atoms with Gasteiger partial charge in [0.25, 0.3) is 0 Å². The number of hydrogen-bond donors (Lipinski definition) is 1. The van der Waals surface area contributed by atoms with E-state index in [1.54, 1.807) is 0 Å². The normalized spacial score (nSPS) is 14.7. The van der Waals surface area contributed by atoms with E-state index in [4.69, 9.17) is 5.73 Å². The lowest BCUT2D eigenvalue weighted by Crippen LogP contribution is -2.24. The maximum absolute atomic E-state index is 12.1. The number of nitrogens with two attached hydrogens (primary N) is 1. The highest BCUT2D eigenvalue weighted by molar-refractivity contribution is 5.18. The Balaban J connectivity index is 2.92. The van der Waals surface area contributed by atoms with Crippen LogP contribution in [0.5, 0.6) is 0 Å². The predicted octanol–water partition coefficient (Wildman–Crippen LogP) is 1.59. The third kappa shape index (κ3) is 1.51. The number of anilines is 1. The molecule has 1 aromatic heterocycles. The molecule has 2 N–H and O–H groups in total. The van der Waals surface area contributed by atoms with E-state index < -0.39 is 12.2 Å². The van der Waals surface area contributed by atoms with Gasteiger partial charge in [-0.05, 0) is 6.92 Å². The summed E-state index contributed by atoms with van der Waals surface area (Å²) in [7, 11) is 0. The second-order valence-electron chi connectivity index (χ2n) is 2.41. The average Bonchev–Trinajstić information content (AvgIpc) is 2.31. The van der Waals surface area contributed by atoms with Gasteiger partial charge in [-0.15, -0.1) is 0 Å². The largest absolute Gasteiger partial charge is 0.408 e. The van der Waals surface area contributed by atoms with Crippen LogP contribution in [0.3, 0.4) is 0 Å². The SMILES string of the molecule is CC(n1ccnc1N)C(F)(F)F. The van der Waals surface area contributed by atoms with Crippen molar-refractivity contribution in [1.82, 2.24) is 9.55 Å². The minimum Gasteiger partial charge on any atom is -0.369 e. The second-order valence-corrected chi connectivity index (χ2v) is 2.41. The summed E-state index contributed by atoms with van der Waals surface area (Å²) in [6.07, 6.45) is -1.85. The summed E-state index contributed by atoms with van der Waals surface area (Å²) < 4.78 is 37.1. The number of halogens is 3. The van der Waals surface area contributed by atoms with Gasteiger partial charge in [-0.25, -0.2) is 4.98 Å². The molecular weight excluding hydrogens is 171 g/mol. The first-order valence-electron chi connectivity index (χ1n) is 3.28. The van der Waals surface area contributed by atoms with Gasteiger partial charge in [0, 0.05) is 12.4 Å². The minimum absolute atomic E-state index is 0.125. The van der Waals surface area contributed by atoms with Crippen molar-refractivity contribution in [2.75, 3.05) is 5.73 Å². The summed E-state index contributed by atoms with van der Waals surface area (Å²) in [5.74, 6) is -0.125. The van der Waals surface area contributed by atoms with Crippen LogP contribution in [0, 0.1) is 0 Å². The van der Waals surface area contributed by atoms with Crippen LogP contribution in [0.15, 0.2) is 12.4 Å². The first-order chi connectivity index (χ1) is 5.43. The van der Waals surface area contributed by atoms with E-state index in [-0.39, 0.29) is 5.95 Å². The summed E-state index contributed by atoms with van der Waals surface area (Å²) in [5.41, 5.74) is 5.19. The molecule has 0 aromatic carbocycles. The van der Waals surface area contributed by atoms with Gasteiger partial charge in [-0.1, -0.05) is 0 Å². The smallest absolute Gasteiger partial charge is 0.369 e. The van der Waals surface area contributed by atoms with Crippen molar-refractivity contribution < 1.29 is 13.2 Å². The second kappa shape index (κ2) is 2.69. The number of nitrogen functional groups attached to an aromatic ring is 1. The highest BCUT2D eigenvalue weighted by Crippen LogP contribution is 2.30. The lowest BCUT2D eigenvalue weighted by atomic mass is 10.3. The Morgan fingerprint density at radius 1 is 1.58 bits per heavy atom. The van der Waals surface area contributed by atoms with Crippen LogP contribution in [-0.4, -0.2) is 15.7 Å². The van der Waals surface area contributed by atoms with E-state index in [1.807, 2.05) is 0 Å². The first-order valence-corrected chi connectivity index (χ1v) is 3.28. The molecule has 68 valence electrons.